The lowest BCUT2D eigenvalue weighted by atomic mass is 10.2. The van der Waals surface area contributed by atoms with Crippen molar-refractivity contribution >= 4 is 5.69 Å². The maximum absolute atomic E-state index is 5.82. The molecule has 0 aliphatic heterocycles. The first-order valence-corrected chi connectivity index (χ1v) is 6.53. The van der Waals surface area contributed by atoms with Crippen molar-refractivity contribution in [1.29, 1.82) is 0 Å². The van der Waals surface area contributed by atoms with E-state index in [1.165, 1.54) is 5.56 Å². The number of nitrogens with zero attached hydrogens (tertiary/aromatic N) is 4. The van der Waals surface area contributed by atoms with E-state index in [-0.39, 0.29) is 0 Å². The van der Waals surface area contributed by atoms with E-state index in [0.717, 1.165) is 30.3 Å². The highest BCUT2D eigenvalue weighted by Gasteiger charge is 2.08. The van der Waals surface area contributed by atoms with Crippen LogP contribution in [0.3, 0.4) is 0 Å². The van der Waals surface area contributed by atoms with E-state index in [1.54, 1.807) is 6.20 Å². The quantitative estimate of drug-likeness (QED) is 0.734. The Morgan fingerprint density at radius 3 is 2.65 bits per heavy atom. The van der Waals surface area contributed by atoms with Crippen molar-refractivity contribution in [3.63, 3.8) is 0 Å². The first-order chi connectivity index (χ1) is 9.72. The van der Waals surface area contributed by atoms with Crippen LogP contribution < -0.4 is 5.73 Å². The number of hydrogen-bond acceptors (Lipinski definition) is 3. The highest BCUT2D eigenvalue weighted by atomic mass is 15.1. The molecule has 2 heterocycles. The van der Waals surface area contributed by atoms with Crippen LogP contribution >= 0.6 is 0 Å². The number of hydrogen-bond donors (Lipinski definition) is 1. The van der Waals surface area contributed by atoms with Crippen LogP contribution in [0.2, 0.25) is 0 Å². The Labute approximate surface area is 117 Å². The van der Waals surface area contributed by atoms with Gasteiger partial charge in [-0.15, -0.1) is 0 Å². The number of anilines is 1. The molecule has 0 fully saturated rings. The van der Waals surface area contributed by atoms with Gasteiger partial charge in [-0.3, -0.25) is 0 Å². The zero-order chi connectivity index (χ0) is 13.9. The summed E-state index contributed by atoms with van der Waals surface area (Å²) in [6.07, 6.45) is 8.28. The van der Waals surface area contributed by atoms with Gasteiger partial charge in [0.25, 0.3) is 0 Å². The maximum Gasteiger partial charge on any atom is 0.116 e. The van der Waals surface area contributed by atoms with Crippen LogP contribution in [0.1, 0.15) is 17.2 Å². The Kier molecular flexibility index (Phi) is 3.25. The van der Waals surface area contributed by atoms with E-state index in [2.05, 4.69) is 20.6 Å². The van der Waals surface area contributed by atoms with Crippen LogP contribution in [0.5, 0.6) is 0 Å². The standard InChI is InChI=1S/C15H17N5/c1-19-7-5-17-14(19)10-15-18-6-8-20(15)11-12-3-2-4-13(16)9-12/h2-9H,10-11,16H2,1H3. The smallest absolute Gasteiger partial charge is 0.116 e. The van der Waals surface area contributed by atoms with Crippen LogP contribution in [0, 0.1) is 0 Å². The number of aromatic nitrogens is 4. The SMILES string of the molecule is Cn1ccnc1Cc1nccn1Cc1cccc(N)c1. The van der Waals surface area contributed by atoms with E-state index in [4.69, 9.17) is 5.73 Å². The first kappa shape index (κ1) is 12.5. The lowest BCUT2D eigenvalue weighted by Crippen LogP contribution is -2.08. The minimum atomic E-state index is 0.721. The van der Waals surface area contributed by atoms with Crippen molar-refractivity contribution in [3.05, 3.63) is 66.3 Å². The molecule has 0 saturated carbocycles. The van der Waals surface area contributed by atoms with Gasteiger partial charge < -0.3 is 14.9 Å². The lowest BCUT2D eigenvalue weighted by molar-refractivity contribution is 0.712. The topological polar surface area (TPSA) is 61.7 Å². The van der Waals surface area contributed by atoms with Crippen LogP contribution in [0.4, 0.5) is 5.69 Å². The molecule has 20 heavy (non-hydrogen) atoms. The second kappa shape index (κ2) is 5.21. The third-order valence-corrected chi connectivity index (χ3v) is 3.34. The fourth-order valence-corrected chi connectivity index (χ4v) is 2.25. The largest absolute Gasteiger partial charge is 0.399 e. The van der Waals surface area contributed by atoms with Crippen LogP contribution in [0.25, 0.3) is 0 Å². The summed E-state index contributed by atoms with van der Waals surface area (Å²) < 4.78 is 4.14. The van der Waals surface area contributed by atoms with Gasteiger partial charge in [0, 0.05) is 44.1 Å². The summed E-state index contributed by atoms with van der Waals surface area (Å²) in [7, 11) is 1.99. The van der Waals surface area contributed by atoms with Crippen LogP contribution in [0.15, 0.2) is 49.1 Å². The van der Waals surface area contributed by atoms with Crippen molar-refractivity contribution in [2.75, 3.05) is 5.73 Å². The Morgan fingerprint density at radius 2 is 1.90 bits per heavy atom. The van der Waals surface area contributed by atoms with Crippen molar-refractivity contribution in [1.82, 2.24) is 19.1 Å². The third-order valence-electron chi connectivity index (χ3n) is 3.34. The molecule has 5 nitrogen and oxygen atoms in total. The van der Waals surface area contributed by atoms with Gasteiger partial charge >= 0.3 is 0 Å². The van der Waals surface area contributed by atoms with Gasteiger partial charge in [-0.2, -0.15) is 0 Å². The summed E-state index contributed by atoms with van der Waals surface area (Å²) in [5.74, 6) is 2.01. The number of benzene rings is 1. The zero-order valence-electron chi connectivity index (χ0n) is 11.4. The third kappa shape index (κ3) is 2.56. The van der Waals surface area contributed by atoms with Gasteiger partial charge in [0.2, 0.25) is 0 Å². The molecular weight excluding hydrogens is 250 g/mol. The molecule has 0 amide bonds. The van der Waals surface area contributed by atoms with Crippen molar-refractivity contribution in [2.24, 2.45) is 7.05 Å². The van der Waals surface area contributed by atoms with Gasteiger partial charge in [-0.05, 0) is 17.7 Å². The summed E-state index contributed by atoms with van der Waals surface area (Å²) in [5.41, 5.74) is 7.77. The normalized spacial score (nSPS) is 10.8. The van der Waals surface area contributed by atoms with Crippen molar-refractivity contribution < 1.29 is 0 Å². The second-order valence-corrected chi connectivity index (χ2v) is 4.85. The number of nitrogen functional groups attached to an aromatic ring is 1. The molecule has 3 rings (SSSR count). The Balaban J connectivity index is 1.82. The van der Waals surface area contributed by atoms with Gasteiger partial charge in [-0.1, -0.05) is 12.1 Å². The van der Waals surface area contributed by atoms with Gasteiger partial charge in [-0.25, -0.2) is 9.97 Å². The highest BCUT2D eigenvalue weighted by Crippen LogP contribution is 2.11. The zero-order valence-corrected chi connectivity index (χ0v) is 11.4. The maximum atomic E-state index is 5.82. The monoisotopic (exact) mass is 267 g/mol. The molecular formula is C15H17N5. The highest BCUT2D eigenvalue weighted by molar-refractivity contribution is 5.40. The fraction of sp³-hybridized carbons (Fsp3) is 0.200. The van der Waals surface area contributed by atoms with Gasteiger partial charge in [0.15, 0.2) is 0 Å². The van der Waals surface area contributed by atoms with Crippen molar-refractivity contribution in [3.8, 4) is 0 Å². The molecule has 1 aromatic carbocycles. The molecule has 0 radical (unpaired) electrons. The Hall–Kier alpha value is -2.56. The predicted octanol–water partition coefficient (Wildman–Crippen LogP) is 1.84. The average Bonchev–Trinajstić information content (AvgIpc) is 3.01. The molecule has 102 valence electrons. The molecule has 0 aliphatic carbocycles. The lowest BCUT2D eigenvalue weighted by Gasteiger charge is -2.08. The molecule has 0 spiro atoms. The first-order valence-electron chi connectivity index (χ1n) is 6.53. The number of rotatable bonds is 4. The average molecular weight is 267 g/mol. The predicted molar refractivity (Wildman–Crippen MR) is 78.2 cm³/mol. The van der Waals surface area contributed by atoms with E-state index < -0.39 is 0 Å². The van der Waals surface area contributed by atoms with Gasteiger partial charge in [0.1, 0.15) is 11.6 Å². The number of aryl methyl sites for hydroxylation is 1. The minimum Gasteiger partial charge on any atom is -0.399 e. The summed E-state index contributed by atoms with van der Waals surface area (Å²) in [6.45, 7) is 0.769. The molecule has 0 aliphatic rings. The molecule has 0 bridgehead atoms. The fourth-order valence-electron chi connectivity index (χ4n) is 2.25. The van der Waals surface area contributed by atoms with Crippen LogP contribution in [-0.4, -0.2) is 19.1 Å². The summed E-state index contributed by atoms with van der Waals surface area (Å²) >= 11 is 0. The second-order valence-electron chi connectivity index (χ2n) is 4.85. The molecule has 0 atom stereocenters. The minimum absolute atomic E-state index is 0.721. The number of imidazole rings is 2. The van der Waals surface area contributed by atoms with Crippen LogP contribution in [-0.2, 0) is 20.0 Å². The molecule has 2 aromatic heterocycles. The van der Waals surface area contributed by atoms with Crippen molar-refractivity contribution in [2.45, 2.75) is 13.0 Å². The van der Waals surface area contributed by atoms with E-state index in [0.29, 0.717) is 0 Å². The van der Waals surface area contributed by atoms with E-state index in [9.17, 15) is 0 Å². The van der Waals surface area contributed by atoms with E-state index >= 15 is 0 Å². The summed E-state index contributed by atoms with van der Waals surface area (Å²) in [4.78, 5) is 8.77. The Bertz CT molecular complexity index is 710. The number of nitrogens with two attached hydrogens (primary N) is 1. The molecule has 2 N–H and O–H groups in total. The summed E-state index contributed by atoms with van der Waals surface area (Å²) in [6, 6.07) is 7.93. The van der Waals surface area contributed by atoms with E-state index in [1.807, 2.05) is 48.4 Å². The molecule has 0 unspecified atom stereocenters. The Morgan fingerprint density at radius 1 is 1.10 bits per heavy atom. The molecule has 5 heteroatoms. The summed E-state index contributed by atoms with van der Waals surface area (Å²) in [5, 5.41) is 0. The molecule has 0 saturated heterocycles. The van der Waals surface area contributed by atoms with Gasteiger partial charge in [0.05, 0.1) is 6.42 Å². The molecule has 3 aromatic rings.